The molecule has 1 saturated carbocycles. The van der Waals surface area contributed by atoms with Crippen molar-refractivity contribution < 1.29 is 17.6 Å². The second-order valence-corrected chi connectivity index (χ2v) is 6.94. The number of benzene rings is 1. The fourth-order valence-electron chi connectivity index (χ4n) is 2.93. The van der Waals surface area contributed by atoms with Gasteiger partial charge in [0.15, 0.2) is 5.65 Å². The molecule has 0 N–H and O–H groups in total. The maximum absolute atomic E-state index is 13.7. The number of fused-ring (bicyclic) bond motifs is 1. The van der Waals surface area contributed by atoms with Gasteiger partial charge in [0, 0.05) is 12.0 Å². The lowest BCUT2D eigenvalue weighted by atomic mass is 10.1. The monoisotopic (exact) mass is 368 g/mol. The van der Waals surface area contributed by atoms with Crippen molar-refractivity contribution in [2.24, 2.45) is 0 Å². The van der Waals surface area contributed by atoms with Crippen LogP contribution in [0.4, 0.5) is 17.6 Å². The van der Waals surface area contributed by atoms with Gasteiger partial charge in [-0.1, -0.05) is 24.3 Å². The number of alkyl halides is 4. The van der Waals surface area contributed by atoms with Gasteiger partial charge in [0.2, 0.25) is 5.82 Å². The fraction of sp³-hybridized carbons (Fsp3) is 0.312. The van der Waals surface area contributed by atoms with Crippen molar-refractivity contribution in [2.75, 3.05) is 6.26 Å². The molecule has 1 aliphatic rings. The van der Waals surface area contributed by atoms with Crippen molar-refractivity contribution in [2.45, 2.75) is 23.5 Å². The summed E-state index contributed by atoms with van der Waals surface area (Å²) in [5, 5.41) is 11.2. The van der Waals surface area contributed by atoms with Gasteiger partial charge in [-0.2, -0.15) is 9.61 Å². The molecule has 1 atom stereocenters. The predicted molar refractivity (Wildman–Crippen MR) is 85.9 cm³/mol. The van der Waals surface area contributed by atoms with E-state index in [1.165, 1.54) is 6.07 Å². The zero-order valence-corrected chi connectivity index (χ0v) is 13.8. The molecular weight excluding hydrogens is 356 g/mol. The average Bonchev–Trinajstić information content (AvgIpc) is 2.97. The van der Waals surface area contributed by atoms with Crippen LogP contribution in [0.15, 0.2) is 36.4 Å². The van der Waals surface area contributed by atoms with Crippen molar-refractivity contribution in [3.05, 3.63) is 47.8 Å². The first kappa shape index (κ1) is 16.3. The molecule has 1 aliphatic carbocycles. The first-order chi connectivity index (χ1) is 11.9. The molecule has 4 rings (SSSR count). The number of halogens is 4. The molecular formula is C16H12F4N4S. The minimum absolute atomic E-state index is 0.177. The first-order valence-corrected chi connectivity index (χ1v) is 8.65. The molecule has 2 aromatic heterocycles. The van der Waals surface area contributed by atoms with Gasteiger partial charge in [-0.3, -0.25) is 0 Å². The molecule has 2 heterocycles. The zero-order chi connectivity index (χ0) is 17.8. The summed E-state index contributed by atoms with van der Waals surface area (Å²) in [7, 11) is 0. The largest absolute Gasteiger partial charge is 0.299 e. The van der Waals surface area contributed by atoms with Gasteiger partial charge in [0.1, 0.15) is 4.75 Å². The Morgan fingerprint density at radius 2 is 1.76 bits per heavy atom. The Labute approximate surface area is 144 Å². The van der Waals surface area contributed by atoms with E-state index in [1.54, 1.807) is 36.6 Å². The van der Waals surface area contributed by atoms with Crippen LogP contribution in [-0.2, 0) is 4.75 Å². The van der Waals surface area contributed by atoms with Crippen LogP contribution in [0.3, 0.4) is 0 Å². The number of rotatable bonds is 4. The molecule has 25 heavy (non-hydrogen) atoms. The minimum atomic E-state index is -2.79. The molecule has 0 radical (unpaired) electrons. The van der Waals surface area contributed by atoms with E-state index in [9.17, 15) is 17.6 Å². The van der Waals surface area contributed by atoms with Crippen molar-refractivity contribution >= 4 is 17.4 Å². The zero-order valence-electron chi connectivity index (χ0n) is 13.0. The number of aromatic nitrogens is 4. The van der Waals surface area contributed by atoms with Crippen LogP contribution >= 0.6 is 11.8 Å². The van der Waals surface area contributed by atoms with E-state index in [0.29, 0.717) is 16.8 Å². The van der Waals surface area contributed by atoms with Crippen LogP contribution < -0.4 is 0 Å². The standard InChI is InChI=1S/C16H12F4N4S/c1-25-15(8-16(15,19)20)10-4-2-9(3-5-10)11-6-7-12-21-22-14(13(17)18)24(12)23-11/h2-7,13H,8H2,1H3/t15-/m1/s1. The molecule has 1 fully saturated rings. The highest BCUT2D eigenvalue weighted by molar-refractivity contribution is 7.99. The Kier molecular flexibility index (Phi) is 3.54. The van der Waals surface area contributed by atoms with E-state index in [2.05, 4.69) is 15.3 Å². The van der Waals surface area contributed by atoms with Crippen molar-refractivity contribution in [3.8, 4) is 11.3 Å². The Morgan fingerprint density at radius 3 is 2.32 bits per heavy atom. The summed E-state index contributed by atoms with van der Waals surface area (Å²) < 4.78 is 53.1. The van der Waals surface area contributed by atoms with Crippen molar-refractivity contribution in [3.63, 3.8) is 0 Å². The van der Waals surface area contributed by atoms with E-state index in [-0.39, 0.29) is 12.1 Å². The van der Waals surface area contributed by atoms with Crippen LogP contribution in [0.1, 0.15) is 24.2 Å². The number of nitrogens with zero attached hydrogens (tertiary/aromatic N) is 4. The summed E-state index contributed by atoms with van der Waals surface area (Å²) in [6, 6.07) is 9.78. The van der Waals surface area contributed by atoms with Gasteiger partial charge in [0.25, 0.3) is 12.3 Å². The molecule has 9 heteroatoms. The molecule has 0 spiro atoms. The van der Waals surface area contributed by atoms with Crippen molar-refractivity contribution in [1.82, 2.24) is 19.8 Å². The predicted octanol–water partition coefficient (Wildman–Crippen LogP) is 4.33. The number of thioether (sulfide) groups is 1. The number of hydrogen-bond acceptors (Lipinski definition) is 4. The summed E-state index contributed by atoms with van der Waals surface area (Å²) in [5.74, 6) is -3.24. The van der Waals surface area contributed by atoms with Gasteiger partial charge in [-0.25, -0.2) is 17.6 Å². The molecule has 0 unspecified atom stereocenters. The second kappa shape index (κ2) is 5.42. The van der Waals surface area contributed by atoms with E-state index in [4.69, 9.17) is 0 Å². The summed E-state index contributed by atoms with van der Waals surface area (Å²) in [6.07, 6.45) is -1.30. The van der Waals surface area contributed by atoms with Gasteiger partial charge in [-0.15, -0.1) is 22.0 Å². The Bertz CT molecular complexity index is 941. The molecule has 0 aliphatic heterocycles. The summed E-state index contributed by atoms with van der Waals surface area (Å²) in [5.41, 5.74) is 1.84. The van der Waals surface area contributed by atoms with Crippen LogP contribution in [0.25, 0.3) is 16.9 Å². The summed E-state index contributed by atoms with van der Waals surface area (Å²) in [6.45, 7) is 0. The maximum Gasteiger partial charge on any atom is 0.299 e. The van der Waals surface area contributed by atoms with E-state index < -0.39 is 22.9 Å². The third-order valence-electron chi connectivity index (χ3n) is 4.41. The van der Waals surface area contributed by atoms with Crippen molar-refractivity contribution in [1.29, 1.82) is 0 Å². The van der Waals surface area contributed by atoms with Gasteiger partial charge < -0.3 is 0 Å². The van der Waals surface area contributed by atoms with E-state index >= 15 is 0 Å². The lowest BCUT2D eigenvalue weighted by molar-refractivity contribution is 0.106. The van der Waals surface area contributed by atoms with Gasteiger partial charge >= 0.3 is 0 Å². The Morgan fingerprint density at radius 1 is 1.08 bits per heavy atom. The highest BCUT2D eigenvalue weighted by Crippen LogP contribution is 2.67. The smallest absolute Gasteiger partial charge is 0.205 e. The minimum Gasteiger partial charge on any atom is -0.205 e. The lowest BCUT2D eigenvalue weighted by Crippen LogP contribution is -2.11. The summed E-state index contributed by atoms with van der Waals surface area (Å²) in [4.78, 5) is 0. The lowest BCUT2D eigenvalue weighted by Gasteiger charge is -2.14. The molecule has 3 aromatic rings. The van der Waals surface area contributed by atoms with Crippen LogP contribution in [0.5, 0.6) is 0 Å². The maximum atomic E-state index is 13.7. The molecule has 1 aromatic carbocycles. The quantitative estimate of drug-likeness (QED) is 0.643. The fourth-order valence-corrected chi connectivity index (χ4v) is 3.92. The molecule has 4 nitrogen and oxygen atoms in total. The normalized spacial score (nSPS) is 21.8. The molecule has 0 bridgehead atoms. The third-order valence-corrected chi connectivity index (χ3v) is 5.79. The molecule has 0 saturated heterocycles. The van der Waals surface area contributed by atoms with Gasteiger partial charge in [0.05, 0.1) is 5.69 Å². The highest BCUT2D eigenvalue weighted by atomic mass is 32.2. The molecule has 130 valence electrons. The Balaban J connectivity index is 1.71. The first-order valence-electron chi connectivity index (χ1n) is 7.42. The highest BCUT2D eigenvalue weighted by Gasteiger charge is 2.71. The van der Waals surface area contributed by atoms with Gasteiger partial charge in [-0.05, 0) is 24.0 Å². The van der Waals surface area contributed by atoms with Crippen LogP contribution in [0, 0.1) is 0 Å². The SMILES string of the molecule is CS[C@@]1(c2ccc(-c3ccc4nnc(C(F)F)n4n3)cc2)CC1(F)F. The number of hydrogen-bond donors (Lipinski definition) is 0. The van der Waals surface area contributed by atoms with E-state index in [0.717, 1.165) is 16.3 Å². The van der Waals surface area contributed by atoms with Crippen LogP contribution in [0.2, 0.25) is 0 Å². The second-order valence-electron chi connectivity index (χ2n) is 5.84. The topological polar surface area (TPSA) is 43.1 Å². The molecule has 0 amide bonds. The average molecular weight is 368 g/mol. The summed E-state index contributed by atoms with van der Waals surface area (Å²) >= 11 is 1.14. The van der Waals surface area contributed by atoms with E-state index in [1.807, 2.05) is 0 Å². The third kappa shape index (κ3) is 2.40. The Hall–Kier alpha value is -2.16. The van der Waals surface area contributed by atoms with Crippen LogP contribution in [-0.4, -0.2) is 32.0 Å².